The molecule has 0 fully saturated rings. The first-order valence-corrected chi connectivity index (χ1v) is 10.9. The van der Waals surface area contributed by atoms with E-state index in [1.807, 2.05) is 48.5 Å². The van der Waals surface area contributed by atoms with Crippen molar-refractivity contribution in [2.45, 2.75) is 12.6 Å². The van der Waals surface area contributed by atoms with Gasteiger partial charge in [-0.15, -0.1) is 0 Å². The fourth-order valence-electron chi connectivity index (χ4n) is 4.03. The minimum Gasteiger partial charge on any atom is -0.493 e. The van der Waals surface area contributed by atoms with Gasteiger partial charge >= 0.3 is 0 Å². The standard InChI is InChI=1S/C25H23N7O3/c1-16-22(24(33)28-19-9-6-12-26-14-19)23(32-25(27-16)29-30-31-32)18-10-11-20(21(13-18)34-2)35-15-17-7-4-3-5-8-17/h3-14,22-23H,1,15H2,2H3,(H,28,33)(H,27,29,31). The van der Waals surface area contributed by atoms with E-state index in [0.29, 0.717) is 35.4 Å². The van der Waals surface area contributed by atoms with Gasteiger partial charge in [-0.25, -0.2) is 4.68 Å². The maximum absolute atomic E-state index is 13.4. The molecule has 176 valence electrons. The monoisotopic (exact) mass is 469 g/mol. The summed E-state index contributed by atoms with van der Waals surface area (Å²) in [6.07, 6.45) is 3.22. The summed E-state index contributed by atoms with van der Waals surface area (Å²) in [4.78, 5) is 17.5. The number of nitrogens with zero attached hydrogens (tertiary/aromatic N) is 5. The van der Waals surface area contributed by atoms with Gasteiger partial charge in [-0.3, -0.25) is 9.78 Å². The molecule has 4 aromatic rings. The van der Waals surface area contributed by atoms with Crippen molar-refractivity contribution in [2.75, 3.05) is 17.7 Å². The van der Waals surface area contributed by atoms with E-state index >= 15 is 0 Å². The second-order valence-electron chi connectivity index (χ2n) is 7.94. The van der Waals surface area contributed by atoms with Crippen LogP contribution in [0.4, 0.5) is 11.6 Å². The summed E-state index contributed by atoms with van der Waals surface area (Å²) in [6.45, 7) is 4.48. The van der Waals surface area contributed by atoms with Crippen LogP contribution >= 0.6 is 0 Å². The third-order valence-corrected chi connectivity index (χ3v) is 5.70. The van der Waals surface area contributed by atoms with E-state index in [1.165, 1.54) is 0 Å². The van der Waals surface area contributed by atoms with Gasteiger partial charge in [-0.05, 0) is 45.8 Å². The molecule has 0 radical (unpaired) electrons. The average Bonchev–Trinajstić information content (AvgIpc) is 3.35. The summed E-state index contributed by atoms with van der Waals surface area (Å²) in [5, 5.41) is 17.9. The number of hydrogen-bond acceptors (Lipinski definition) is 8. The van der Waals surface area contributed by atoms with Gasteiger partial charge in [0.2, 0.25) is 11.9 Å². The topological polar surface area (TPSA) is 116 Å². The van der Waals surface area contributed by atoms with E-state index < -0.39 is 12.0 Å². The van der Waals surface area contributed by atoms with Crippen LogP contribution in [0.5, 0.6) is 11.5 Å². The summed E-state index contributed by atoms with van der Waals surface area (Å²) in [5.74, 6) is 0.524. The van der Waals surface area contributed by atoms with Gasteiger partial charge < -0.3 is 20.1 Å². The molecule has 3 heterocycles. The molecule has 0 saturated heterocycles. The van der Waals surface area contributed by atoms with Crippen LogP contribution < -0.4 is 20.1 Å². The van der Waals surface area contributed by atoms with Crippen molar-refractivity contribution in [1.29, 1.82) is 0 Å². The van der Waals surface area contributed by atoms with Crippen molar-refractivity contribution in [3.8, 4) is 11.5 Å². The lowest BCUT2D eigenvalue weighted by molar-refractivity contribution is -0.119. The molecule has 35 heavy (non-hydrogen) atoms. The predicted octanol–water partition coefficient (Wildman–Crippen LogP) is 3.44. The van der Waals surface area contributed by atoms with Crippen molar-refractivity contribution in [1.82, 2.24) is 25.2 Å². The molecule has 2 atom stereocenters. The van der Waals surface area contributed by atoms with Crippen LogP contribution in [0.2, 0.25) is 0 Å². The molecule has 2 aromatic heterocycles. The highest BCUT2D eigenvalue weighted by Gasteiger charge is 2.40. The second-order valence-corrected chi connectivity index (χ2v) is 7.94. The number of benzene rings is 2. The van der Waals surface area contributed by atoms with Crippen LogP contribution in [0.15, 0.2) is 85.3 Å². The van der Waals surface area contributed by atoms with E-state index in [4.69, 9.17) is 9.47 Å². The summed E-state index contributed by atoms with van der Waals surface area (Å²) in [7, 11) is 1.57. The molecule has 10 heteroatoms. The number of hydrogen-bond donors (Lipinski definition) is 2. The fraction of sp³-hybridized carbons (Fsp3) is 0.160. The Morgan fingerprint density at radius 1 is 1.14 bits per heavy atom. The number of aromatic nitrogens is 5. The SMILES string of the molecule is C=C1Nc2nnnn2C(c2ccc(OCc3ccccc3)c(OC)c2)C1C(=O)Nc1cccnc1. The highest BCUT2D eigenvalue weighted by molar-refractivity contribution is 5.95. The first-order chi connectivity index (χ1) is 17.1. The molecule has 0 aliphatic carbocycles. The van der Waals surface area contributed by atoms with Gasteiger partial charge in [-0.1, -0.05) is 48.1 Å². The van der Waals surface area contributed by atoms with Crippen LogP contribution in [0.25, 0.3) is 0 Å². The Labute approximate surface area is 201 Å². The first-order valence-electron chi connectivity index (χ1n) is 10.9. The number of rotatable bonds is 7. The molecular formula is C25H23N7O3. The van der Waals surface area contributed by atoms with E-state index in [9.17, 15) is 4.79 Å². The Kier molecular flexibility index (Phi) is 6.08. The van der Waals surface area contributed by atoms with Crippen molar-refractivity contribution in [3.05, 3.63) is 96.5 Å². The number of fused-ring (bicyclic) bond motifs is 1. The summed E-state index contributed by atoms with van der Waals surface area (Å²) >= 11 is 0. The zero-order valence-electron chi connectivity index (χ0n) is 19.0. The number of pyridine rings is 1. The number of ether oxygens (including phenoxy) is 2. The van der Waals surface area contributed by atoms with E-state index in [1.54, 1.807) is 36.3 Å². The molecule has 1 aliphatic heterocycles. The van der Waals surface area contributed by atoms with E-state index in [2.05, 4.69) is 37.7 Å². The smallest absolute Gasteiger partial charge is 0.247 e. The largest absolute Gasteiger partial charge is 0.493 e. The molecule has 2 unspecified atom stereocenters. The van der Waals surface area contributed by atoms with Crippen LogP contribution in [0, 0.1) is 5.92 Å². The molecule has 10 nitrogen and oxygen atoms in total. The van der Waals surface area contributed by atoms with Crippen molar-refractivity contribution in [3.63, 3.8) is 0 Å². The number of anilines is 2. The quantitative estimate of drug-likeness (QED) is 0.423. The molecule has 1 amide bonds. The maximum Gasteiger partial charge on any atom is 0.247 e. The molecule has 1 aliphatic rings. The van der Waals surface area contributed by atoms with Gasteiger partial charge in [0, 0.05) is 11.9 Å². The number of methoxy groups -OCH3 is 1. The number of tetrazole rings is 1. The molecule has 2 aromatic carbocycles. The van der Waals surface area contributed by atoms with Gasteiger partial charge in [0.1, 0.15) is 12.5 Å². The Morgan fingerprint density at radius 2 is 2.00 bits per heavy atom. The fourth-order valence-corrected chi connectivity index (χ4v) is 4.03. The Bertz CT molecular complexity index is 1340. The minimum atomic E-state index is -0.716. The Hall–Kier alpha value is -4.73. The van der Waals surface area contributed by atoms with Crippen LogP contribution in [0.3, 0.4) is 0 Å². The number of carbonyl (C=O) groups is 1. The lowest BCUT2D eigenvalue weighted by Crippen LogP contribution is -2.39. The average molecular weight is 470 g/mol. The molecule has 5 rings (SSSR count). The number of carbonyl (C=O) groups excluding carboxylic acids is 1. The van der Waals surface area contributed by atoms with Gasteiger partial charge in [0.15, 0.2) is 11.5 Å². The second kappa shape index (κ2) is 9.64. The normalized spacial score (nSPS) is 16.7. The van der Waals surface area contributed by atoms with Gasteiger partial charge in [-0.2, -0.15) is 0 Å². The highest BCUT2D eigenvalue weighted by Crippen LogP contribution is 2.40. The predicted molar refractivity (Wildman–Crippen MR) is 129 cm³/mol. The van der Waals surface area contributed by atoms with Gasteiger partial charge in [0.25, 0.3) is 0 Å². The summed E-state index contributed by atoms with van der Waals surface area (Å²) in [5.41, 5.74) is 2.85. The Balaban J connectivity index is 1.47. The highest BCUT2D eigenvalue weighted by atomic mass is 16.5. The van der Waals surface area contributed by atoms with Crippen molar-refractivity contribution < 1.29 is 14.3 Å². The maximum atomic E-state index is 13.4. The van der Waals surface area contributed by atoms with Crippen molar-refractivity contribution in [2.24, 2.45) is 5.92 Å². The third kappa shape index (κ3) is 4.54. The third-order valence-electron chi connectivity index (χ3n) is 5.70. The zero-order valence-corrected chi connectivity index (χ0v) is 19.0. The molecule has 0 saturated carbocycles. The zero-order chi connectivity index (χ0) is 24.2. The summed E-state index contributed by atoms with van der Waals surface area (Å²) in [6, 6.07) is 18.3. The van der Waals surface area contributed by atoms with Crippen molar-refractivity contribution >= 4 is 17.5 Å². The number of amides is 1. The lowest BCUT2D eigenvalue weighted by atomic mass is 9.88. The lowest BCUT2D eigenvalue weighted by Gasteiger charge is -2.33. The minimum absolute atomic E-state index is 0.273. The van der Waals surface area contributed by atoms with Crippen LogP contribution in [0.1, 0.15) is 17.2 Å². The molecule has 2 N–H and O–H groups in total. The van der Waals surface area contributed by atoms with Crippen LogP contribution in [-0.4, -0.2) is 38.2 Å². The molecule has 0 bridgehead atoms. The van der Waals surface area contributed by atoms with Gasteiger partial charge in [0.05, 0.1) is 25.0 Å². The molecule has 0 spiro atoms. The summed E-state index contributed by atoms with van der Waals surface area (Å²) < 4.78 is 13.2. The molecular weight excluding hydrogens is 446 g/mol. The van der Waals surface area contributed by atoms with E-state index in [-0.39, 0.29) is 5.91 Å². The first kappa shape index (κ1) is 22.1. The number of nitrogens with one attached hydrogen (secondary N) is 2. The van der Waals surface area contributed by atoms with Crippen LogP contribution in [-0.2, 0) is 11.4 Å². The Morgan fingerprint density at radius 3 is 2.77 bits per heavy atom. The van der Waals surface area contributed by atoms with E-state index in [0.717, 1.165) is 11.1 Å².